The molecule has 18 heavy (non-hydrogen) atoms. The smallest absolute Gasteiger partial charge is 0.227 e. The topological polar surface area (TPSA) is 64.3 Å². The number of anilines is 2. The molecule has 1 aliphatic heterocycles. The second-order valence-electron chi connectivity index (χ2n) is 4.91. The fraction of sp³-hybridized carbons (Fsp3) is 0.500. The van der Waals surface area contributed by atoms with Gasteiger partial charge in [0.1, 0.15) is 0 Å². The van der Waals surface area contributed by atoms with Crippen molar-refractivity contribution in [1.82, 2.24) is 0 Å². The first-order valence-corrected chi connectivity index (χ1v) is 6.34. The van der Waals surface area contributed by atoms with Crippen molar-refractivity contribution in [1.29, 1.82) is 0 Å². The van der Waals surface area contributed by atoms with Crippen molar-refractivity contribution in [2.45, 2.75) is 39.2 Å². The van der Waals surface area contributed by atoms with E-state index in [0.29, 0.717) is 17.8 Å². The molecule has 0 aliphatic carbocycles. The largest absolute Gasteiger partial charge is 0.397 e. The Hall–Kier alpha value is -1.55. The zero-order chi connectivity index (χ0) is 13.1. The predicted octanol–water partition coefficient (Wildman–Crippen LogP) is 2.39. The van der Waals surface area contributed by atoms with Crippen molar-refractivity contribution < 1.29 is 9.53 Å². The molecule has 1 aromatic rings. The van der Waals surface area contributed by atoms with Gasteiger partial charge in [0.15, 0.2) is 0 Å². The monoisotopic (exact) mass is 248 g/mol. The van der Waals surface area contributed by atoms with E-state index in [4.69, 9.17) is 10.5 Å². The third-order valence-electron chi connectivity index (χ3n) is 3.38. The van der Waals surface area contributed by atoms with E-state index in [2.05, 4.69) is 5.32 Å². The molecule has 2 rings (SSSR count). The molecule has 1 atom stereocenters. The number of nitrogens with one attached hydrogen (secondary N) is 1. The lowest BCUT2D eigenvalue weighted by Gasteiger charge is -2.13. The number of rotatable bonds is 3. The summed E-state index contributed by atoms with van der Waals surface area (Å²) in [6.45, 7) is 4.78. The number of hydrogen-bond acceptors (Lipinski definition) is 3. The molecular weight excluding hydrogens is 228 g/mol. The number of ether oxygens (including phenoxy) is 1. The van der Waals surface area contributed by atoms with E-state index in [1.807, 2.05) is 26.0 Å². The minimum atomic E-state index is -0.0307. The molecule has 1 aromatic carbocycles. The van der Waals surface area contributed by atoms with Crippen LogP contribution in [-0.2, 0) is 9.53 Å². The summed E-state index contributed by atoms with van der Waals surface area (Å²) >= 11 is 0. The van der Waals surface area contributed by atoms with E-state index in [9.17, 15) is 4.79 Å². The zero-order valence-corrected chi connectivity index (χ0v) is 11.0. The van der Waals surface area contributed by atoms with Crippen LogP contribution >= 0.6 is 0 Å². The molecule has 1 amide bonds. The molecule has 0 aromatic heterocycles. The summed E-state index contributed by atoms with van der Waals surface area (Å²) < 4.78 is 5.44. The second-order valence-corrected chi connectivity index (χ2v) is 4.91. The Morgan fingerprint density at radius 1 is 1.44 bits per heavy atom. The van der Waals surface area contributed by atoms with Crippen LogP contribution in [0, 0.1) is 13.8 Å². The quantitative estimate of drug-likeness (QED) is 0.807. The van der Waals surface area contributed by atoms with Crippen LogP contribution in [0.25, 0.3) is 0 Å². The molecular formula is C14H20N2O2. The summed E-state index contributed by atoms with van der Waals surface area (Å²) in [6.07, 6.45) is 2.49. The maximum atomic E-state index is 11.9. The number of carbonyl (C=O) groups is 1. The van der Waals surface area contributed by atoms with Gasteiger partial charge in [-0.2, -0.15) is 0 Å². The predicted molar refractivity (Wildman–Crippen MR) is 72.5 cm³/mol. The van der Waals surface area contributed by atoms with Crippen molar-refractivity contribution in [2.75, 3.05) is 17.7 Å². The maximum Gasteiger partial charge on any atom is 0.227 e. The van der Waals surface area contributed by atoms with Crippen LogP contribution in [0.1, 0.15) is 30.4 Å². The maximum absolute atomic E-state index is 11.9. The first-order valence-electron chi connectivity index (χ1n) is 6.34. The Balaban J connectivity index is 2.00. The minimum absolute atomic E-state index is 0.0307. The molecule has 0 bridgehead atoms. The minimum Gasteiger partial charge on any atom is -0.397 e. The Morgan fingerprint density at radius 2 is 2.17 bits per heavy atom. The van der Waals surface area contributed by atoms with E-state index < -0.39 is 0 Å². The number of amides is 1. The molecule has 0 saturated carbocycles. The normalized spacial score (nSPS) is 18.9. The standard InChI is InChI=1S/C14H20N2O2/c1-9-6-12(15)13(7-10(9)2)16-14(17)8-11-4-3-5-18-11/h6-7,11H,3-5,8,15H2,1-2H3,(H,16,17). The van der Waals surface area contributed by atoms with Crippen LogP contribution in [0.2, 0.25) is 0 Å². The van der Waals surface area contributed by atoms with E-state index in [-0.39, 0.29) is 12.0 Å². The molecule has 0 spiro atoms. The summed E-state index contributed by atoms with van der Waals surface area (Å²) in [6, 6.07) is 3.80. The lowest BCUT2D eigenvalue weighted by atomic mass is 10.1. The van der Waals surface area contributed by atoms with Crippen molar-refractivity contribution in [3.05, 3.63) is 23.3 Å². The van der Waals surface area contributed by atoms with Crippen LogP contribution < -0.4 is 11.1 Å². The Bertz CT molecular complexity index is 451. The highest BCUT2D eigenvalue weighted by Gasteiger charge is 2.19. The van der Waals surface area contributed by atoms with Gasteiger partial charge in [0.25, 0.3) is 0 Å². The van der Waals surface area contributed by atoms with Crippen LogP contribution in [-0.4, -0.2) is 18.6 Å². The van der Waals surface area contributed by atoms with Gasteiger partial charge in [-0.15, -0.1) is 0 Å². The lowest BCUT2D eigenvalue weighted by molar-refractivity contribution is -0.118. The van der Waals surface area contributed by atoms with E-state index in [1.165, 1.54) is 0 Å². The van der Waals surface area contributed by atoms with Gasteiger partial charge < -0.3 is 15.8 Å². The fourth-order valence-electron chi connectivity index (χ4n) is 2.16. The van der Waals surface area contributed by atoms with Crippen LogP contribution in [0.3, 0.4) is 0 Å². The van der Waals surface area contributed by atoms with Gasteiger partial charge in [0.2, 0.25) is 5.91 Å². The average molecular weight is 248 g/mol. The van der Waals surface area contributed by atoms with E-state index >= 15 is 0 Å². The number of aryl methyl sites for hydroxylation is 2. The third kappa shape index (κ3) is 3.01. The molecule has 4 heteroatoms. The van der Waals surface area contributed by atoms with Gasteiger partial charge in [-0.1, -0.05) is 0 Å². The first kappa shape index (κ1) is 12.9. The average Bonchev–Trinajstić information content (AvgIpc) is 2.78. The van der Waals surface area contributed by atoms with E-state index in [0.717, 1.165) is 30.6 Å². The van der Waals surface area contributed by atoms with Crippen molar-refractivity contribution in [2.24, 2.45) is 0 Å². The lowest BCUT2D eigenvalue weighted by Crippen LogP contribution is -2.20. The highest BCUT2D eigenvalue weighted by molar-refractivity contribution is 5.94. The number of nitrogen functional groups attached to an aromatic ring is 1. The van der Waals surface area contributed by atoms with Gasteiger partial charge in [-0.3, -0.25) is 4.79 Å². The zero-order valence-electron chi connectivity index (χ0n) is 11.0. The number of carbonyl (C=O) groups excluding carboxylic acids is 1. The third-order valence-corrected chi connectivity index (χ3v) is 3.38. The number of hydrogen-bond donors (Lipinski definition) is 2. The summed E-state index contributed by atoms with van der Waals surface area (Å²) in [5, 5.41) is 2.86. The SMILES string of the molecule is Cc1cc(N)c(NC(=O)CC2CCCO2)cc1C. The summed E-state index contributed by atoms with van der Waals surface area (Å²) in [4.78, 5) is 11.9. The van der Waals surface area contributed by atoms with Gasteiger partial charge in [-0.05, 0) is 49.9 Å². The molecule has 4 nitrogen and oxygen atoms in total. The van der Waals surface area contributed by atoms with Gasteiger partial charge in [0.05, 0.1) is 23.9 Å². The molecule has 3 N–H and O–H groups in total. The van der Waals surface area contributed by atoms with Crippen molar-refractivity contribution >= 4 is 17.3 Å². The molecule has 1 unspecified atom stereocenters. The second kappa shape index (κ2) is 5.40. The fourth-order valence-corrected chi connectivity index (χ4v) is 2.16. The van der Waals surface area contributed by atoms with E-state index in [1.54, 1.807) is 0 Å². The molecule has 98 valence electrons. The molecule has 0 radical (unpaired) electrons. The number of benzene rings is 1. The van der Waals surface area contributed by atoms with Crippen LogP contribution in [0.4, 0.5) is 11.4 Å². The highest BCUT2D eigenvalue weighted by atomic mass is 16.5. The molecule has 1 fully saturated rings. The summed E-state index contributed by atoms with van der Waals surface area (Å²) in [5.74, 6) is -0.0307. The Kier molecular flexibility index (Phi) is 3.87. The Labute approximate surface area is 108 Å². The molecule has 1 aliphatic rings. The van der Waals surface area contributed by atoms with Crippen LogP contribution in [0.15, 0.2) is 12.1 Å². The van der Waals surface area contributed by atoms with Crippen molar-refractivity contribution in [3.8, 4) is 0 Å². The summed E-state index contributed by atoms with van der Waals surface area (Å²) in [5.41, 5.74) is 9.46. The van der Waals surface area contributed by atoms with Crippen molar-refractivity contribution in [3.63, 3.8) is 0 Å². The van der Waals surface area contributed by atoms with Gasteiger partial charge >= 0.3 is 0 Å². The van der Waals surface area contributed by atoms with Gasteiger partial charge in [0, 0.05) is 6.61 Å². The first-order chi connectivity index (χ1) is 8.56. The Morgan fingerprint density at radius 3 is 2.83 bits per heavy atom. The molecule has 1 heterocycles. The van der Waals surface area contributed by atoms with Crippen LogP contribution in [0.5, 0.6) is 0 Å². The highest BCUT2D eigenvalue weighted by Crippen LogP contribution is 2.24. The molecule has 1 saturated heterocycles. The van der Waals surface area contributed by atoms with Gasteiger partial charge in [-0.25, -0.2) is 0 Å². The number of nitrogens with two attached hydrogens (primary N) is 1. The summed E-state index contributed by atoms with van der Waals surface area (Å²) in [7, 11) is 0.